The van der Waals surface area contributed by atoms with Crippen molar-refractivity contribution in [1.29, 1.82) is 0 Å². The third-order valence-electron chi connectivity index (χ3n) is 3.76. The third kappa shape index (κ3) is 4.90. The van der Waals surface area contributed by atoms with E-state index >= 15 is 0 Å². The molecular formula is C18H22N4O5. The maximum Gasteiger partial charge on any atom is 0.361 e. The number of amides is 1. The van der Waals surface area contributed by atoms with Crippen LogP contribution in [0, 0.1) is 13.8 Å². The zero-order chi connectivity index (χ0) is 20.0. The van der Waals surface area contributed by atoms with E-state index in [4.69, 9.17) is 9.47 Å². The first kappa shape index (κ1) is 20.1. The number of carbonyl (C=O) groups is 3. The van der Waals surface area contributed by atoms with E-state index in [-0.39, 0.29) is 31.1 Å². The van der Waals surface area contributed by atoms with Crippen LogP contribution in [0.5, 0.6) is 0 Å². The molecule has 0 saturated carbocycles. The van der Waals surface area contributed by atoms with Gasteiger partial charge in [-0.3, -0.25) is 4.79 Å². The fraction of sp³-hybridized carbons (Fsp3) is 0.389. The summed E-state index contributed by atoms with van der Waals surface area (Å²) in [6.07, 6.45) is 0. The third-order valence-corrected chi connectivity index (χ3v) is 3.76. The Hall–Kier alpha value is -3.23. The van der Waals surface area contributed by atoms with Crippen LogP contribution in [0.15, 0.2) is 18.2 Å². The van der Waals surface area contributed by atoms with Crippen molar-refractivity contribution in [2.75, 3.05) is 18.5 Å². The number of nitrogens with zero attached hydrogens (tertiary/aromatic N) is 3. The number of hydrogen-bond donors (Lipinski definition) is 1. The number of aryl methyl sites for hydroxylation is 2. The second kappa shape index (κ2) is 8.93. The monoisotopic (exact) mass is 374 g/mol. The molecule has 0 unspecified atom stereocenters. The molecule has 0 saturated heterocycles. The van der Waals surface area contributed by atoms with Gasteiger partial charge in [-0.1, -0.05) is 11.3 Å². The van der Waals surface area contributed by atoms with Gasteiger partial charge in [0, 0.05) is 5.69 Å². The lowest BCUT2D eigenvalue weighted by atomic mass is 10.1. The van der Waals surface area contributed by atoms with E-state index < -0.39 is 17.8 Å². The van der Waals surface area contributed by atoms with Gasteiger partial charge in [0.25, 0.3) is 0 Å². The number of nitrogens with one attached hydrogen (secondary N) is 1. The highest BCUT2D eigenvalue weighted by Crippen LogP contribution is 2.15. The second-order valence-corrected chi connectivity index (χ2v) is 5.73. The molecule has 1 N–H and O–H groups in total. The number of rotatable bonds is 7. The molecule has 9 nitrogen and oxygen atoms in total. The fourth-order valence-electron chi connectivity index (χ4n) is 2.32. The molecule has 9 heteroatoms. The molecule has 144 valence electrons. The van der Waals surface area contributed by atoms with Crippen LogP contribution in [0.2, 0.25) is 0 Å². The molecule has 0 aliphatic rings. The van der Waals surface area contributed by atoms with Crippen molar-refractivity contribution in [2.45, 2.75) is 34.2 Å². The van der Waals surface area contributed by atoms with E-state index in [9.17, 15) is 14.4 Å². The minimum absolute atomic E-state index is 0.0983. The number of ether oxygens (including phenoxy) is 2. The van der Waals surface area contributed by atoms with Crippen molar-refractivity contribution in [3.05, 3.63) is 40.7 Å². The van der Waals surface area contributed by atoms with Crippen LogP contribution in [0.1, 0.15) is 46.0 Å². The van der Waals surface area contributed by atoms with E-state index in [1.807, 2.05) is 26.0 Å². The van der Waals surface area contributed by atoms with Crippen LogP contribution < -0.4 is 5.32 Å². The first-order chi connectivity index (χ1) is 12.9. The van der Waals surface area contributed by atoms with Gasteiger partial charge in [-0.05, 0) is 51.0 Å². The van der Waals surface area contributed by atoms with E-state index in [1.54, 1.807) is 19.9 Å². The summed E-state index contributed by atoms with van der Waals surface area (Å²) in [4.78, 5) is 36.6. The van der Waals surface area contributed by atoms with E-state index in [1.165, 1.54) is 0 Å². The number of benzene rings is 1. The van der Waals surface area contributed by atoms with E-state index in [0.29, 0.717) is 5.69 Å². The first-order valence-corrected chi connectivity index (χ1v) is 8.52. The Bertz CT molecular complexity index is 859. The lowest BCUT2D eigenvalue weighted by Gasteiger charge is -2.09. The molecule has 0 atom stereocenters. The number of aromatic nitrogens is 3. The fourth-order valence-corrected chi connectivity index (χ4v) is 2.32. The van der Waals surface area contributed by atoms with Gasteiger partial charge in [-0.2, -0.15) is 0 Å². The van der Waals surface area contributed by atoms with Gasteiger partial charge in [0.2, 0.25) is 11.6 Å². The van der Waals surface area contributed by atoms with Gasteiger partial charge in [0.05, 0.1) is 13.2 Å². The summed E-state index contributed by atoms with van der Waals surface area (Å²) in [5.41, 5.74) is 2.25. The van der Waals surface area contributed by atoms with Crippen LogP contribution >= 0.6 is 0 Å². The molecule has 2 rings (SSSR count). The SMILES string of the molecule is CCOC(=O)c1nnn(CC(=O)Nc2ccc(C)c(C)c2)c1C(=O)OCC. The molecule has 1 heterocycles. The highest BCUT2D eigenvalue weighted by molar-refractivity contribution is 6.01. The number of anilines is 1. The molecule has 1 aromatic carbocycles. The molecule has 1 amide bonds. The largest absolute Gasteiger partial charge is 0.461 e. The first-order valence-electron chi connectivity index (χ1n) is 8.52. The summed E-state index contributed by atoms with van der Waals surface area (Å²) in [7, 11) is 0. The molecular weight excluding hydrogens is 352 g/mol. The van der Waals surface area contributed by atoms with Crippen molar-refractivity contribution >= 4 is 23.5 Å². The molecule has 0 fully saturated rings. The van der Waals surface area contributed by atoms with E-state index in [2.05, 4.69) is 15.6 Å². The van der Waals surface area contributed by atoms with Crippen molar-refractivity contribution in [1.82, 2.24) is 15.0 Å². The number of hydrogen-bond acceptors (Lipinski definition) is 7. The minimum Gasteiger partial charge on any atom is -0.461 e. The maximum absolute atomic E-state index is 12.3. The van der Waals surface area contributed by atoms with Gasteiger partial charge < -0.3 is 14.8 Å². The normalized spacial score (nSPS) is 10.4. The summed E-state index contributed by atoms with van der Waals surface area (Å²) in [6, 6.07) is 5.51. The highest BCUT2D eigenvalue weighted by atomic mass is 16.5. The van der Waals surface area contributed by atoms with Crippen molar-refractivity contribution in [3.63, 3.8) is 0 Å². The van der Waals surface area contributed by atoms with Crippen LogP contribution in [-0.4, -0.2) is 46.1 Å². The highest BCUT2D eigenvalue weighted by Gasteiger charge is 2.28. The Labute approximate surface area is 156 Å². The van der Waals surface area contributed by atoms with Gasteiger partial charge in [0.1, 0.15) is 6.54 Å². The van der Waals surface area contributed by atoms with Crippen molar-refractivity contribution in [3.8, 4) is 0 Å². The predicted molar refractivity (Wildman–Crippen MR) is 96.5 cm³/mol. The maximum atomic E-state index is 12.3. The Morgan fingerprint density at radius 1 is 1.04 bits per heavy atom. The minimum atomic E-state index is -0.804. The topological polar surface area (TPSA) is 112 Å². The Morgan fingerprint density at radius 2 is 1.70 bits per heavy atom. The quantitative estimate of drug-likeness (QED) is 0.736. The summed E-state index contributed by atoms with van der Waals surface area (Å²) >= 11 is 0. The predicted octanol–water partition coefficient (Wildman–Crippen LogP) is 1.89. The number of esters is 2. The standard InChI is InChI=1S/C18H22N4O5/c1-5-26-17(24)15-16(18(25)27-6-2)22(21-20-15)10-14(23)19-13-8-7-11(3)12(4)9-13/h7-9H,5-6,10H2,1-4H3,(H,19,23). The molecule has 0 aliphatic heterocycles. The van der Waals surface area contributed by atoms with E-state index in [0.717, 1.165) is 15.8 Å². The van der Waals surface area contributed by atoms with Gasteiger partial charge >= 0.3 is 11.9 Å². The lowest BCUT2D eigenvalue weighted by Crippen LogP contribution is -2.24. The van der Waals surface area contributed by atoms with Gasteiger partial charge in [-0.15, -0.1) is 5.10 Å². The Kier molecular flexibility index (Phi) is 6.64. The summed E-state index contributed by atoms with van der Waals surface area (Å²) in [6.45, 7) is 7.06. The molecule has 0 radical (unpaired) electrons. The molecule has 0 aliphatic carbocycles. The lowest BCUT2D eigenvalue weighted by molar-refractivity contribution is -0.116. The van der Waals surface area contributed by atoms with Crippen LogP contribution in [-0.2, 0) is 20.8 Å². The Balaban J connectivity index is 2.23. The van der Waals surface area contributed by atoms with Crippen molar-refractivity contribution in [2.24, 2.45) is 0 Å². The summed E-state index contributed by atoms with van der Waals surface area (Å²) < 4.78 is 10.8. The summed E-state index contributed by atoms with van der Waals surface area (Å²) in [5, 5.41) is 10.1. The summed E-state index contributed by atoms with van der Waals surface area (Å²) in [5.74, 6) is -2.03. The molecule has 27 heavy (non-hydrogen) atoms. The second-order valence-electron chi connectivity index (χ2n) is 5.73. The average Bonchev–Trinajstić information content (AvgIpc) is 3.02. The zero-order valence-corrected chi connectivity index (χ0v) is 15.7. The smallest absolute Gasteiger partial charge is 0.361 e. The van der Waals surface area contributed by atoms with Crippen molar-refractivity contribution < 1.29 is 23.9 Å². The van der Waals surface area contributed by atoms with Crippen LogP contribution in [0.3, 0.4) is 0 Å². The van der Waals surface area contributed by atoms with Gasteiger partial charge in [-0.25, -0.2) is 14.3 Å². The molecule has 0 spiro atoms. The van der Waals surface area contributed by atoms with Gasteiger partial charge in [0.15, 0.2) is 5.69 Å². The van der Waals surface area contributed by atoms with Crippen LogP contribution in [0.4, 0.5) is 5.69 Å². The molecule has 1 aromatic heterocycles. The molecule has 0 bridgehead atoms. The average molecular weight is 374 g/mol. The molecule has 2 aromatic rings. The Morgan fingerprint density at radius 3 is 2.33 bits per heavy atom. The van der Waals surface area contributed by atoms with Crippen LogP contribution in [0.25, 0.3) is 0 Å². The zero-order valence-electron chi connectivity index (χ0n) is 15.7. The number of carbonyl (C=O) groups excluding carboxylic acids is 3.